The van der Waals surface area contributed by atoms with Crippen LogP contribution in [0.15, 0.2) is 36.4 Å². The van der Waals surface area contributed by atoms with Crippen LogP contribution in [0.2, 0.25) is 0 Å². The molecule has 0 aliphatic rings. The summed E-state index contributed by atoms with van der Waals surface area (Å²) in [5.41, 5.74) is 1.73. The Morgan fingerprint density at radius 1 is 1.26 bits per heavy atom. The summed E-state index contributed by atoms with van der Waals surface area (Å²) in [6.07, 6.45) is 1.76. The molecule has 2 rings (SSSR count). The molecule has 0 saturated carbocycles. The van der Waals surface area contributed by atoms with E-state index in [0.717, 1.165) is 35.8 Å². The van der Waals surface area contributed by atoms with E-state index in [-0.39, 0.29) is 5.97 Å². The van der Waals surface area contributed by atoms with Crippen molar-refractivity contribution in [2.75, 3.05) is 39.1 Å². The molecule has 0 radical (unpaired) electrons. The summed E-state index contributed by atoms with van der Waals surface area (Å²) in [7, 11) is 4.09. The van der Waals surface area contributed by atoms with Crippen molar-refractivity contribution >= 4 is 39.6 Å². The largest absolute Gasteiger partial charge is 0.462 e. The molecule has 1 aromatic carbocycles. The third-order valence-electron chi connectivity index (χ3n) is 3.79. The van der Waals surface area contributed by atoms with Gasteiger partial charge in [-0.25, -0.2) is 4.79 Å². The molecule has 5 nitrogen and oxygen atoms in total. The van der Waals surface area contributed by atoms with Crippen LogP contribution in [-0.2, 0) is 11.2 Å². The Kier molecular flexibility index (Phi) is 8.71. The number of nitrogens with one attached hydrogen (secondary N) is 2. The average Bonchev–Trinajstić information content (AvgIpc) is 3.02. The standard InChI is InChI=1S/C20H27N3O2S2/c1-4-25-19(24)17-14-16(13-15-9-6-5-7-10-15)27-18(17)22-20(26)21-11-8-12-23(2)3/h5-7,9-10,14H,4,8,11-13H2,1-3H3,(H2,21,22,26). The topological polar surface area (TPSA) is 53.6 Å². The van der Waals surface area contributed by atoms with Crippen molar-refractivity contribution in [3.05, 3.63) is 52.4 Å². The number of carbonyl (C=O) groups excluding carboxylic acids is 1. The number of anilines is 1. The first-order valence-electron chi connectivity index (χ1n) is 9.03. The fourth-order valence-electron chi connectivity index (χ4n) is 2.52. The monoisotopic (exact) mass is 405 g/mol. The fraction of sp³-hybridized carbons (Fsp3) is 0.400. The van der Waals surface area contributed by atoms with Crippen LogP contribution in [-0.4, -0.2) is 49.8 Å². The number of benzene rings is 1. The SMILES string of the molecule is CCOC(=O)c1cc(Cc2ccccc2)sc1NC(=S)NCCCN(C)C. The first-order valence-corrected chi connectivity index (χ1v) is 10.3. The van der Waals surface area contributed by atoms with Gasteiger partial charge in [-0.2, -0.15) is 0 Å². The quantitative estimate of drug-likeness (QED) is 0.376. The van der Waals surface area contributed by atoms with Gasteiger partial charge in [-0.3, -0.25) is 0 Å². The Morgan fingerprint density at radius 3 is 2.67 bits per heavy atom. The normalized spacial score (nSPS) is 10.7. The third kappa shape index (κ3) is 7.28. The van der Waals surface area contributed by atoms with Crippen LogP contribution in [0, 0.1) is 0 Å². The lowest BCUT2D eigenvalue weighted by Gasteiger charge is -2.12. The molecule has 0 bridgehead atoms. The lowest BCUT2D eigenvalue weighted by molar-refractivity contribution is 0.0528. The van der Waals surface area contributed by atoms with Gasteiger partial charge in [-0.05, 0) is 57.8 Å². The zero-order chi connectivity index (χ0) is 19.6. The predicted octanol–water partition coefficient (Wildman–Crippen LogP) is 3.75. The number of thiocarbonyl (C=S) groups is 1. The summed E-state index contributed by atoms with van der Waals surface area (Å²) in [6, 6.07) is 12.1. The molecule has 0 amide bonds. The number of rotatable bonds is 9. The highest BCUT2D eigenvalue weighted by Crippen LogP contribution is 2.30. The van der Waals surface area contributed by atoms with Crippen molar-refractivity contribution in [2.24, 2.45) is 0 Å². The van der Waals surface area contributed by atoms with Gasteiger partial charge in [0, 0.05) is 17.8 Å². The third-order valence-corrected chi connectivity index (χ3v) is 5.09. The Labute approximate surface area is 170 Å². The van der Waals surface area contributed by atoms with Gasteiger partial charge >= 0.3 is 5.97 Å². The predicted molar refractivity (Wildman–Crippen MR) is 117 cm³/mol. The molecular weight excluding hydrogens is 378 g/mol. The summed E-state index contributed by atoms with van der Waals surface area (Å²) in [5, 5.41) is 7.61. The summed E-state index contributed by atoms with van der Waals surface area (Å²) < 4.78 is 5.20. The Balaban J connectivity index is 2.05. The summed E-state index contributed by atoms with van der Waals surface area (Å²) in [5.74, 6) is -0.328. The van der Waals surface area contributed by atoms with Gasteiger partial charge in [0.15, 0.2) is 5.11 Å². The first kappa shape index (κ1) is 21.3. The van der Waals surface area contributed by atoms with E-state index in [1.807, 2.05) is 38.4 Å². The van der Waals surface area contributed by atoms with Gasteiger partial charge in [0.25, 0.3) is 0 Å². The molecule has 27 heavy (non-hydrogen) atoms. The van der Waals surface area contributed by atoms with Crippen LogP contribution in [0.5, 0.6) is 0 Å². The molecule has 7 heteroatoms. The van der Waals surface area contributed by atoms with Gasteiger partial charge in [-0.15, -0.1) is 11.3 Å². The van der Waals surface area contributed by atoms with E-state index in [2.05, 4.69) is 27.7 Å². The number of esters is 1. The van der Waals surface area contributed by atoms with Gasteiger partial charge in [0.2, 0.25) is 0 Å². The molecule has 0 spiro atoms. The van der Waals surface area contributed by atoms with Crippen molar-refractivity contribution < 1.29 is 9.53 Å². The highest BCUT2D eigenvalue weighted by Gasteiger charge is 2.18. The minimum Gasteiger partial charge on any atom is -0.462 e. The van der Waals surface area contributed by atoms with E-state index in [1.165, 1.54) is 16.9 Å². The van der Waals surface area contributed by atoms with Crippen molar-refractivity contribution in [1.29, 1.82) is 0 Å². The van der Waals surface area contributed by atoms with Crippen molar-refractivity contribution in [3.63, 3.8) is 0 Å². The molecule has 0 aliphatic heterocycles. The van der Waals surface area contributed by atoms with Crippen LogP contribution in [0.4, 0.5) is 5.00 Å². The van der Waals surface area contributed by atoms with Crippen LogP contribution in [0.3, 0.4) is 0 Å². The first-order chi connectivity index (χ1) is 13.0. The minimum absolute atomic E-state index is 0.328. The maximum Gasteiger partial charge on any atom is 0.341 e. The van der Waals surface area contributed by atoms with E-state index in [9.17, 15) is 4.79 Å². The molecule has 0 aliphatic carbocycles. The highest BCUT2D eigenvalue weighted by atomic mass is 32.1. The molecule has 146 valence electrons. The zero-order valence-corrected chi connectivity index (χ0v) is 17.7. The van der Waals surface area contributed by atoms with E-state index >= 15 is 0 Å². The molecule has 2 aromatic rings. The van der Waals surface area contributed by atoms with Crippen molar-refractivity contribution in [2.45, 2.75) is 19.8 Å². The van der Waals surface area contributed by atoms with E-state index in [4.69, 9.17) is 17.0 Å². The Morgan fingerprint density at radius 2 is 2.00 bits per heavy atom. The average molecular weight is 406 g/mol. The number of ether oxygens (including phenoxy) is 1. The molecule has 0 unspecified atom stereocenters. The minimum atomic E-state index is -0.328. The fourth-order valence-corrected chi connectivity index (χ4v) is 3.88. The highest BCUT2D eigenvalue weighted by molar-refractivity contribution is 7.80. The maximum atomic E-state index is 12.3. The maximum absolute atomic E-state index is 12.3. The second kappa shape index (κ2) is 11.0. The van der Waals surface area contributed by atoms with Crippen LogP contribution < -0.4 is 10.6 Å². The number of hydrogen-bond acceptors (Lipinski definition) is 5. The van der Waals surface area contributed by atoms with Crippen LogP contribution in [0.1, 0.15) is 34.1 Å². The number of nitrogens with zero attached hydrogens (tertiary/aromatic N) is 1. The number of thiophene rings is 1. The number of carbonyl (C=O) groups is 1. The summed E-state index contributed by atoms with van der Waals surface area (Å²) >= 11 is 6.92. The van der Waals surface area contributed by atoms with Crippen molar-refractivity contribution in [1.82, 2.24) is 10.2 Å². The number of hydrogen-bond donors (Lipinski definition) is 2. The second-order valence-corrected chi connectivity index (χ2v) is 7.92. The molecule has 0 saturated heterocycles. The smallest absolute Gasteiger partial charge is 0.341 e. The lowest BCUT2D eigenvalue weighted by atomic mass is 10.1. The van der Waals surface area contributed by atoms with E-state index in [0.29, 0.717) is 17.3 Å². The zero-order valence-electron chi connectivity index (χ0n) is 16.1. The van der Waals surface area contributed by atoms with E-state index in [1.54, 1.807) is 6.92 Å². The van der Waals surface area contributed by atoms with Crippen molar-refractivity contribution in [3.8, 4) is 0 Å². The Bertz CT molecular complexity index is 745. The van der Waals surface area contributed by atoms with Gasteiger partial charge < -0.3 is 20.3 Å². The van der Waals surface area contributed by atoms with E-state index < -0.39 is 0 Å². The van der Waals surface area contributed by atoms with Gasteiger partial charge in [0.05, 0.1) is 12.2 Å². The van der Waals surface area contributed by atoms with Gasteiger partial charge in [0.1, 0.15) is 5.00 Å². The summed E-state index contributed by atoms with van der Waals surface area (Å²) in [4.78, 5) is 15.5. The molecule has 0 atom stereocenters. The second-order valence-electron chi connectivity index (χ2n) is 6.38. The molecular formula is C20H27N3O2S2. The molecule has 1 aromatic heterocycles. The van der Waals surface area contributed by atoms with Crippen LogP contribution in [0.25, 0.3) is 0 Å². The summed E-state index contributed by atoms with van der Waals surface area (Å²) in [6.45, 7) is 3.92. The molecule has 1 heterocycles. The Hall–Kier alpha value is -1.96. The lowest BCUT2D eigenvalue weighted by Crippen LogP contribution is -2.31. The molecule has 2 N–H and O–H groups in total. The van der Waals surface area contributed by atoms with Crippen LogP contribution >= 0.6 is 23.6 Å². The molecule has 0 fully saturated rings. The van der Waals surface area contributed by atoms with Gasteiger partial charge in [-0.1, -0.05) is 30.3 Å².